The number of hydrogen-bond acceptors (Lipinski definition) is 4. The van der Waals surface area contributed by atoms with Crippen molar-refractivity contribution in [3.05, 3.63) is 47.7 Å². The summed E-state index contributed by atoms with van der Waals surface area (Å²) in [7, 11) is 1.85. The Morgan fingerprint density at radius 3 is 2.48 bits per heavy atom. The van der Waals surface area contributed by atoms with Gasteiger partial charge in [-0.15, -0.1) is 0 Å². The standard InChI is InChI=1S/C22H26N2O3/c1-6-15-13-17-19(23-18(15)16-11-9-8-10-12-16)21(27-14(3)4)20(24(17)5)22(25)26-7-2/h8-14H,6-7H2,1-5H3. The number of nitrogens with zero attached hydrogens (tertiary/aromatic N) is 2. The van der Waals surface area contributed by atoms with Crippen LogP contribution in [0.3, 0.4) is 0 Å². The third kappa shape index (κ3) is 3.54. The van der Waals surface area contributed by atoms with Crippen LogP contribution < -0.4 is 4.74 Å². The van der Waals surface area contributed by atoms with Gasteiger partial charge in [0, 0.05) is 12.6 Å². The number of aromatic nitrogens is 2. The molecule has 0 saturated heterocycles. The summed E-state index contributed by atoms with van der Waals surface area (Å²) in [6.07, 6.45) is 0.754. The molecule has 5 heteroatoms. The third-order valence-corrected chi connectivity index (χ3v) is 4.46. The van der Waals surface area contributed by atoms with Crippen LogP contribution in [-0.2, 0) is 18.2 Å². The second kappa shape index (κ2) is 7.82. The summed E-state index contributed by atoms with van der Waals surface area (Å²) in [5.74, 6) is 0.0914. The van der Waals surface area contributed by atoms with Crippen molar-refractivity contribution in [2.24, 2.45) is 7.05 Å². The Kier molecular flexibility index (Phi) is 5.49. The van der Waals surface area contributed by atoms with Crippen molar-refractivity contribution in [3.63, 3.8) is 0 Å². The summed E-state index contributed by atoms with van der Waals surface area (Å²) < 4.78 is 13.1. The fraction of sp³-hybridized carbons (Fsp3) is 0.364. The van der Waals surface area contributed by atoms with Crippen molar-refractivity contribution in [2.45, 2.75) is 40.2 Å². The molecule has 2 heterocycles. The van der Waals surface area contributed by atoms with Gasteiger partial charge in [0.1, 0.15) is 5.52 Å². The highest BCUT2D eigenvalue weighted by atomic mass is 16.5. The molecule has 0 amide bonds. The number of ether oxygens (including phenoxy) is 2. The molecule has 0 spiro atoms. The van der Waals surface area contributed by atoms with Gasteiger partial charge in [-0.2, -0.15) is 0 Å². The molecule has 0 aliphatic heterocycles. The largest absolute Gasteiger partial charge is 0.486 e. The second-order valence-electron chi connectivity index (χ2n) is 6.71. The zero-order valence-electron chi connectivity index (χ0n) is 16.6. The Bertz CT molecular complexity index is 959. The van der Waals surface area contributed by atoms with Gasteiger partial charge in [0.2, 0.25) is 0 Å². The Hall–Kier alpha value is -2.82. The van der Waals surface area contributed by atoms with Gasteiger partial charge in [0.05, 0.1) is 23.9 Å². The highest BCUT2D eigenvalue weighted by molar-refractivity contribution is 6.01. The van der Waals surface area contributed by atoms with E-state index in [1.165, 1.54) is 0 Å². The minimum Gasteiger partial charge on any atom is -0.486 e. The number of pyridine rings is 1. The van der Waals surface area contributed by atoms with Crippen LogP contribution in [0.5, 0.6) is 5.75 Å². The molecule has 0 radical (unpaired) electrons. The van der Waals surface area contributed by atoms with Crippen molar-refractivity contribution in [2.75, 3.05) is 6.61 Å². The van der Waals surface area contributed by atoms with Gasteiger partial charge in [-0.1, -0.05) is 37.3 Å². The smallest absolute Gasteiger partial charge is 0.358 e. The summed E-state index contributed by atoms with van der Waals surface area (Å²) in [6, 6.07) is 12.2. The SMILES string of the molecule is CCOC(=O)c1c(OC(C)C)c2nc(-c3ccccc3)c(CC)cc2n1C. The molecule has 0 atom stereocenters. The molecule has 0 fully saturated rings. The first-order chi connectivity index (χ1) is 13.0. The molecule has 3 aromatic rings. The van der Waals surface area contributed by atoms with Crippen LogP contribution in [0.25, 0.3) is 22.3 Å². The molecule has 2 aromatic heterocycles. The van der Waals surface area contributed by atoms with Gasteiger partial charge in [-0.25, -0.2) is 9.78 Å². The van der Waals surface area contributed by atoms with Crippen LogP contribution in [0.15, 0.2) is 36.4 Å². The summed E-state index contributed by atoms with van der Waals surface area (Å²) >= 11 is 0. The quantitative estimate of drug-likeness (QED) is 0.590. The molecule has 0 aliphatic rings. The molecule has 3 rings (SSSR count). The van der Waals surface area contributed by atoms with Crippen molar-refractivity contribution in [3.8, 4) is 17.0 Å². The minimum atomic E-state index is -0.395. The fourth-order valence-electron chi connectivity index (χ4n) is 3.24. The Balaban J connectivity index is 2.32. The Labute approximate surface area is 159 Å². The number of aryl methyl sites for hydroxylation is 2. The molecule has 1 aromatic carbocycles. The van der Waals surface area contributed by atoms with Gasteiger partial charge >= 0.3 is 5.97 Å². The lowest BCUT2D eigenvalue weighted by Gasteiger charge is -2.12. The summed E-state index contributed by atoms with van der Waals surface area (Å²) in [5, 5.41) is 0. The van der Waals surface area contributed by atoms with E-state index in [4.69, 9.17) is 14.5 Å². The number of carbonyl (C=O) groups is 1. The van der Waals surface area contributed by atoms with Crippen molar-refractivity contribution in [1.29, 1.82) is 0 Å². The minimum absolute atomic E-state index is 0.0865. The maximum atomic E-state index is 12.6. The van der Waals surface area contributed by atoms with E-state index < -0.39 is 5.97 Å². The van der Waals surface area contributed by atoms with Gasteiger partial charge in [-0.05, 0) is 38.8 Å². The molecule has 0 bridgehead atoms. The molecule has 0 aliphatic carbocycles. The summed E-state index contributed by atoms with van der Waals surface area (Å²) in [5.41, 5.74) is 5.05. The first kappa shape index (κ1) is 19.0. The second-order valence-corrected chi connectivity index (χ2v) is 6.71. The van der Waals surface area contributed by atoms with Crippen LogP contribution in [0.1, 0.15) is 43.7 Å². The van der Waals surface area contributed by atoms with Gasteiger partial charge in [0.25, 0.3) is 0 Å². The summed E-state index contributed by atoms with van der Waals surface area (Å²) in [6.45, 7) is 8.09. The van der Waals surface area contributed by atoms with E-state index in [0.717, 1.165) is 28.8 Å². The number of carbonyl (C=O) groups excluding carboxylic acids is 1. The number of fused-ring (bicyclic) bond motifs is 1. The average molecular weight is 366 g/mol. The van der Waals surface area contributed by atoms with Crippen molar-refractivity contribution >= 4 is 17.0 Å². The molecule has 0 unspecified atom stereocenters. The first-order valence-corrected chi connectivity index (χ1v) is 9.39. The predicted octanol–water partition coefficient (Wildman–Crippen LogP) is 4.77. The van der Waals surface area contributed by atoms with E-state index in [1.807, 2.05) is 55.8 Å². The fourth-order valence-corrected chi connectivity index (χ4v) is 3.24. The first-order valence-electron chi connectivity index (χ1n) is 9.39. The van der Waals surface area contributed by atoms with E-state index in [9.17, 15) is 4.79 Å². The zero-order valence-corrected chi connectivity index (χ0v) is 16.6. The lowest BCUT2D eigenvalue weighted by molar-refractivity contribution is 0.0509. The lowest BCUT2D eigenvalue weighted by Crippen LogP contribution is -2.14. The highest BCUT2D eigenvalue weighted by Gasteiger charge is 2.26. The number of rotatable bonds is 6. The van der Waals surface area contributed by atoms with E-state index in [-0.39, 0.29) is 6.10 Å². The molecular formula is C22H26N2O3. The molecule has 142 valence electrons. The monoisotopic (exact) mass is 366 g/mol. The van der Waals surface area contributed by atoms with Crippen LogP contribution in [0.2, 0.25) is 0 Å². The van der Waals surface area contributed by atoms with E-state index in [0.29, 0.717) is 23.6 Å². The molecular weight excluding hydrogens is 340 g/mol. The maximum Gasteiger partial charge on any atom is 0.358 e. The molecule has 27 heavy (non-hydrogen) atoms. The topological polar surface area (TPSA) is 53.4 Å². The van der Waals surface area contributed by atoms with Crippen molar-refractivity contribution < 1.29 is 14.3 Å². The van der Waals surface area contributed by atoms with Crippen LogP contribution >= 0.6 is 0 Å². The Morgan fingerprint density at radius 2 is 1.89 bits per heavy atom. The van der Waals surface area contributed by atoms with Gasteiger partial charge in [0.15, 0.2) is 11.4 Å². The maximum absolute atomic E-state index is 12.6. The average Bonchev–Trinajstić information content (AvgIpc) is 2.92. The summed E-state index contributed by atoms with van der Waals surface area (Å²) in [4.78, 5) is 17.5. The Morgan fingerprint density at radius 1 is 1.19 bits per heavy atom. The normalized spacial score (nSPS) is 11.2. The number of benzene rings is 1. The molecule has 0 saturated carbocycles. The van der Waals surface area contributed by atoms with E-state index in [2.05, 4.69) is 13.0 Å². The zero-order chi connectivity index (χ0) is 19.6. The molecule has 0 N–H and O–H groups in total. The van der Waals surface area contributed by atoms with Crippen LogP contribution in [0.4, 0.5) is 0 Å². The van der Waals surface area contributed by atoms with Crippen LogP contribution in [0, 0.1) is 0 Å². The lowest BCUT2D eigenvalue weighted by atomic mass is 10.0. The number of esters is 1. The highest BCUT2D eigenvalue weighted by Crippen LogP contribution is 2.36. The molecule has 5 nitrogen and oxygen atoms in total. The van der Waals surface area contributed by atoms with Gasteiger partial charge < -0.3 is 14.0 Å². The van der Waals surface area contributed by atoms with Gasteiger partial charge in [-0.3, -0.25) is 0 Å². The predicted molar refractivity (Wildman–Crippen MR) is 107 cm³/mol. The van der Waals surface area contributed by atoms with E-state index >= 15 is 0 Å². The van der Waals surface area contributed by atoms with E-state index in [1.54, 1.807) is 6.92 Å². The number of hydrogen-bond donors (Lipinski definition) is 0. The van der Waals surface area contributed by atoms with Crippen LogP contribution in [-0.4, -0.2) is 28.2 Å². The third-order valence-electron chi connectivity index (χ3n) is 4.46. The van der Waals surface area contributed by atoms with Crippen molar-refractivity contribution in [1.82, 2.24) is 9.55 Å².